The zero-order chi connectivity index (χ0) is 9.40. The predicted octanol–water partition coefficient (Wildman–Crippen LogP) is 0.834. The molecule has 0 unspecified atom stereocenters. The molecule has 70 valence electrons. The SMILES string of the molecule is CS/C=N/OCC(=O)NC(C)C. The van der Waals surface area contributed by atoms with Crippen LogP contribution in [-0.4, -0.2) is 30.4 Å². The fraction of sp³-hybridized carbons (Fsp3) is 0.714. The Labute approximate surface area is 76.7 Å². The first-order chi connectivity index (χ1) is 5.66. The Bertz CT molecular complexity index is 159. The molecule has 0 heterocycles. The fourth-order valence-corrected chi connectivity index (χ4v) is 0.680. The van der Waals surface area contributed by atoms with Gasteiger partial charge in [-0.05, 0) is 20.1 Å². The molecule has 1 amide bonds. The summed E-state index contributed by atoms with van der Waals surface area (Å²) in [5, 5.41) is 6.19. The first-order valence-electron chi connectivity index (χ1n) is 3.62. The van der Waals surface area contributed by atoms with Crippen LogP contribution < -0.4 is 5.32 Å². The van der Waals surface area contributed by atoms with Gasteiger partial charge in [0.1, 0.15) is 0 Å². The summed E-state index contributed by atoms with van der Waals surface area (Å²) >= 11 is 1.42. The summed E-state index contributed by atoms with van der Waals surface area (Å²) < 4.78 is 0. The highest BCUT2D eigenvalue weighted by Crippen LogP contribution is 1.85. The third-order valence-corrected chi connectivity index (χ3v) is 1.17. The number of nitrogens with one attached hydrogen (secondary N) is 1. The Balaban J connectivity index is 3.38. The van der Waals surface area contributed by atoms with Crippen molar-refractivity contribution in [1.82, 2.24) is 5.32 Å². The van der Waals surface area contributed by atoms with Crippen LogP contribution in [0.15, 0.2) is 5.16 Å². The largest absolute Gasteiger partial charge is 0.385 e. The summed E-state index contributed by atoms with van der Waals surface area (Å²) in [6.45, 7) is 3.77. The van der Waals surface area contributed by atoms with Gasteiger partial charge in [-0.3, -0.25) is 4.79 Å². The fourth-order valence-electron chi connectivity index (χ4n) is 0.533. The number of nitrogens with zero attached hydrogens (tertiary/aromatic N) is 1. The molecule has 0 saturated heterocycles. The summed E-state index contributed by atoms with van der Waals surface area (Å²) in [6.07, 6.45) is 1.86. The number of oxime groups is 1. The molecule has 0 atom stereocenters. The number of rotatable bonds is 5. The highest BCUT2D eigenvalue weighted by Gasteiger charge is 2.01. The first kappa shape index (κ1) is 11.3. The lowest BCUT2D eigenvalue weighted by Gasteiger charge is -2.06. The number of thioether (sulfide) groups is 1. The number of hydrogen-bond donors (Lipinski definition) is 1. The summed E-state index contributed by atoms with van der Waals surface area (Å²) in [6, 6.07) is 0.144. The minimum absolute atomic E-state index is 0.0186. The Hall–Kier alpha value is -0.710. The summed E-state index contributed by atoms with van der Waals surface area (Å²) in [4.78, 5) is 15.6. The smallest absolute Gasteiger partial charge is 0.260 e. The summed E-state index contributed by atoms with van der Waals surface area (Å²) in [5.41, 5.74) is 1.53. The lowest BCUT2D eigenvalue weighted by Crippen LogP contribution is -2.32. The molecule has 0 aliphatic carbocycles. The Morgan fingerprint density at radius 1 is 1.75 bits per heavy atom. The molecule has 0 aromatic carbocycles. The molecule has 0 aliphatic heterocycles. The quantitative estimate of drug-likeness (QED) is 0.397. The number of carbonyl (C=O) groups is 1. The van der Waals surface area contributed by atoms with Gasteiger partial charge in [0, 0.05) is 6.04 Å². The molecular weight excluding hydrogens is 176 g/mol. The van der Waals surface area contributed by atoms with E-state index in [-0.39, 0.29) is 18.6 Å². The molecule has 0 bridgehead atoms. The highest BCUT2D eigenvalue weighted by molar-refractivity contribution is 8.11. The zero-order valence-electron chi connectivity index (χ0n) is 7.53. The standard InChI is InChI=1S/C7H14N2O2S/c1-6(2)9-7(10)4-11-8-5-12-3/h5-6H,4H2,1-3H3,(H,9,10)/b8-5+. The molecule has 0 radical (unpaired) electrons. The van der Waals surface area contributed by atoms with Crippen molar-refractivity contribution in [1.29, 1.82) is 0 Å². The van der Waals surface area contributed by atoms with Crippen molar-refractivity contribution in [3.05, 3.63) is 0 Å². The molecule has 4 nitrogen and oxygen atoms in total. The molecule has 0 rings (SSSR count). The lowest BCUT2D eigenvalue weighted by atomic mass is 10.4. The zero-order valence-corrected chi connectivity index (χ0v) is 8.35. The van der Waals surface area contributed by atoms with E-state index in [1.54, 1.807) is 0 Å². The monoisotopic (exact) mass is 190 g/mol. The van der Waals surface area contributed by atoms with Crippen LogP contribution in [0, 0.1) is 0 Å². The molecule has 0 spiro atoms. The van der Waals surface area contributed by atoms with Crippen molar-refractivity contribution < 1.29 is 9.63 Å². The predicted molar refractivity (Wildman–Crippen MR) is 51.2 cm³/mol. The van der Waals surface area contributed by atoms with Gasteiger partial charge in [0.25, 0.3) is 5.91 Å². The molecule has 12 heavy (non-hydrogen) atoms. The van der Waals surface area contributed by atoms with Gasteiger partial charge in [0.2, 0.25) is 0 Å². The van der Waals surface area contributed by atoms with Crippen molar-refractivity contribution in [2.75, 3.05) is 12.9 Å². The van der Waals surface area contributed by atoms with Crippen LogP contribution in [0.3, 0.4) is 0 Å². The average molecular weight is 190 g/mol. The number of carbonyl (C=O) groups excluding carboxylic acids is 1. The van der Waals surface area contributed by atoms with E-state index in [2.05, 4.69) is 15.3 Å². The average Bonchev–Trinajstić information content (AvgIpc) is 1.97. The minimum atomic E-state index is -0.150. The van der Waals surface area contributed by atoms with Crippen LogP contribution in [0.5, 0.6) is 0 Å². The second kappa shape index (κ2) is 6.97. The number of amides is 1. The van der Waals surface area contributed by atoms with Crippen molar-refractivity contribution in [3.8, 4) is 0 Å². The third kappa shape index (κ3) is 7.40. The number of hydrogen-bond acceptors (Lipinski definition) is 4. The summed E-state index contributed by atoms with van der Waals surface area (Å²) in [7, 11) is 0. The maximum absolute atomic E-state index is 10.9. The second-order valence-electron chi connectivity index (χ2n) is 2.44. The topological polar surface area (TPSA) is 50.7 Å². The lowest BCUT2D eigenvalue weighted by molar-refractivity contribution is -0.126. The molecule has 5 heteroatoms. The van der Waals surface area contributed by atoms with Crippen molar-refractivity contribution in [2.45, 2.75) is 19.9 Å². The first-order valence-corrected chi connectivity index (χ1v) is 4.91. The molecule has 0 aromatic rings. The van der Waals surface area contributed by atoms with Crippen LogP contribution in [0.2, 0.25) is 0 Å². The van der Waals surface area contributed by atoms with E-state index >= 15 is 0 Å². The van der Waals surface area contributed by atoms with Crippen LogP contribution in [0.25, 0.3) is 0 Å². The minimum Gasteiger partial charge on any atom is -0.385 e. The summed E-state index contributed by atoms with van der Waals surface area (Å²) in [5.74, 6) is -0.150. The van der Waals surface area contributed by atoms with Crippen LogP contribution in [0.1, 0.15) is 13.8 Å². The Kier molecular flexibility index (Phi) is 6.55. The van der Waals surface area contributed by atoms with Gasteiger partial charge < -0.3 is 10.2 Å². The molecule has 1 N–H and O–H groups in total. The van der Waals surface area contributed by atoms with Crippen molar-refractivity contribution in [2.24, 2.45) is 5.16 Å². The van der Waals surface area contributed by atoms with Crippen LogP contribution in [-0.2, 0) is 9.63 Å². The van der Waals surface area contributed by atoms with E-state index in [9.17, 15) is 4.79 Å². The van der Waals surface area contributed by atoms with Gasteiger partial charge in [-0.25, -0.2) is 0 Å². The maximum atomic E-state index is 10.9. The molecule has 0 aliphatic rings. The second-order valence-corrected chi connectivity index (χ2v) is 3.12. The van der Waals surface area contributed by atoms with Gasteiger partial charge in [0.15, 0.2) is 6.61 Å². The maximum Gasteiger partial charge on any atom is 0.260 e. The third-order valence-electron chi connectivity index (χ3n) is 0.868. The molecule has 0 aromatic heterocycles. The van der Waals surface area contributed by atoms with Crippen molar-refractivity contribution >= 4 is 23.2 Å². The molecular formula is C7H14N2O2S. The van der Waals surface area contributed by atoms with Gasteiger partial charge >= 0.3 is 0 Å². The van der Waals surface area contributed by atoms with Crippen LogP contribution >= 0.6 is 11.8 Å². The van der Waals surface area contributed by atoms with Crippen molar-refractivity contribution in [3.63, 3.8) is 0 Å². The van der Waals surface area contributed by atoms with Gasteiger partial charge in [0.05, 0.1) is 5.55 Å². The van der Waals surface area contributed by atoms with Gasteiger partial charge in [-0.2, -0.15) is 0 Å². The van der Waals surface area contributed by atoms with E-state index < -0.39 is 0 Å². The van der Waals surface area contributed by atoms with E-state index in [0.29, 0.717) is 0 Å². The molecule has 0 fully saturated rings. The van der Waals surface area contributed by atoms with E-state index in [1.807, 2.05) is 20.1 Å². The van der Waals surface area contributed by atoms with Gasteiger partial charge in [-0.1, -0.05) is 5.16 Å². The highest BCUT2D eigenvalue weighted by atomic mass is 32.2. The Morgan fingerprint density at radius 2 is 2.42 bits per heavy atom. The Morgan fingerprint density at radius 3 is 2.92 bits per heavy atom. The van der Waals surface area contributed by atoms with Gasteiger partial charge in [-0.15, -0.1) is 11.8 Å². The van der Waals surface area contributed by atoms with E-state index in [4.69, 9.17) is 0 Å². The van der Waals surface area contributed by atoms with E-state index in [1.165, 1.54) is 17.3 Å². The van der Waals surface area contributed by atoms with E-state index in [0.717, 1.165) is 0 Å². The normalized spacial score (nSPS) is 10.7. The molecule has 0 saturated carbocycles. The van der Waals surface area contributed by atoms with Crippen LogP contribution in [0.4, 0.5) is 0 Å².